The number of hydrogen-bond donors (Lipinski definition) is 2. The summed E-state index contributed by atoms with van der Waals surface area (Å²) in [6.07, 6.45) is 0. The van der Waals surface area contributed by atoms with Gasteiger partial charge >= 0.3 is 0 Å². The number of carbonyl (C=O) groups excluding carboxylic acids is 1. The molecule has 5 heteroatoms. The highest BCUT2D eigenvalue weighted by molar-refractivity contribution is 9.10. The Morgan fingerprint density at radius 2 is 1.88 bits per heavy atom. The van der Waals surface area contributed by atoms with Crippen molar-refractivity contribution in [2.24, 2.45) is 0 Å². The molecule has 2 aromatic carbocycles. The second kappa shape index (κ2) is 8.43. The Morgan fingerprint density at radius 1 is 1.12 bits per heavy atom. The number of thiophene rings is 1. The molecular formula is C20H20BrN2OS+. The van der Waals surface area contributed by atoms with Crippen LogP contribution < -0.4 is 10.6 Å². The molecule has 0 aliphatic heterocycles. The normalized spacial score (nSPS) is 11.9. The van der Waals surface area contributed by atoms with Crippen molar-refractivity contribution in [1.29, 1.82) is 0 Å². The molecule has 1 heterocycles. The molecule has 1 amide bonds. The quantitative estimate of drug-likeness (QED) is 0.624. The van der Waals surface area contributed by atoms with Crippen molar-refractivity contribution >= 4 is 38.9 Å². The van der Waals surface area contributed by atoms with Crippen LogP contribution in [0, 0.1) is 6.92 Å². The summed E-state index contributed by atoms with van der Waals surface area (Å²) in [6.45, 7) is 2.44. The second-order valence-electron chi connectivity index (χ2n) is 5.87. The van der Waals surface area contributed by atoms with Crippen LogP contribution in [0.5, 0.6) is 0 Å². The van der Waals surface area contributed by atoms with Crippen molar-refractivity contribution in [2.45, 2.75) is 13.0 Å². The molecule has 3 N–H and O–H groups in total. The van der Waals surface area contributed by atoms with Crippen molar-refractivity contribution < 1.29 is 10.1 Å². The molecule has 0 saturated heterocycles. The minimum Gasteiger partial charge on any atom is -0.328 e. The van der Waals surface area contributed by atoms with Gasteiger partial charge in [0.15, 0.2) is 6.54 Å². The maximum Gasteiger partial charge on any atom is 0.279 e. The molecule has 0 aliphatic rings. The number of aryl methyl sites for hydroxylation is 1. The van der Waals surface area contributed by atoms with E-state index in [4.69, 9.17) is 0 Å². The van der Waals surface area contributed by atoms with Crippen LogP contribution in [0.15, 0.2) is 70.5 Å². The van der Waals surface area contributed by atoms with Gasteiger partial charge in [0.2, 0.25) is 0 Å². The number of quaternary nitrogens is 1. The minimum absolute atomic E-state index is 0.0134. The molecule has 1 aromatic heterocycles. The van der Waals surface area contributed by atoms with E-state index in [-0.39, 0.29) is 11.9 Å². The zero-order chi connectivity index (χ0) is 17.6. The Balaban J connectivity index is 1.70. The number of anilines is 1. The summed E-state index contributed by atoms with van der Waals surface area (Å²) in [4.78, 5) is 13.6. The molecule has 3 nitrogen and oxygen atoms in total. The predicted octanol–water partition coefficient (Wildman–Crippen LogP) is 4.11. The van der Waals surface area contributed by atoms with E-state index in [1.165, 1.54) is 16.0 Å². The summed E-state index contributed by atoms with van der Waals surface area (Å²) in [6, 6.07) is 20.5. The van der Waals surface area contributed by atoms with E-state index in [1.54, 1.807) is 11.3 Å². The summed E-state index contributed by atoms with van der Waals surface area (Å²) in [5.41, 5.74) is 3.24. The van der Waals surface area contributed by atoms with E-state index in [0.717, 1.165) is 10.2 Å². The predicted molar refractivity (Wildman–Crippen MR) is 107 cm³/mol. The van der Waals surface area contributed by atoms with Gasteiger partial charge in [0.05, 0.1) is 10.6 Å². The van der Waals surface area contributed by atoms with Crippen molar-refractivity contribution in [1.82, 2.24) is 0 Å². The van der Waals surface area contributed by atoms with Gasteiger partial charge < -0.3 is 10.6 Å². The van der Waals surface area contributed by atoms with Crippen LogP contribution in [0.4, 0.5) is 5.69 Å². The highest BCUT2D eigenvalue weighted by Crippen LogP contribution is 2.23. The third-order valence-electron chi connectivity index (χ3n) is 3.97. The summed E-state index contributed by atoms with van der Waals surface area (Å²) in [7, 11) is 0. The van der Waals surface area contributed by atoms with Gasteiger partial charge in [-0.1, -0.05) is 48.0 Å². The first-order valence-electron chi connectivity index (χ1n) is 8.11. The van der Waals surface area contributed by atoms with Crippen molar-refractivity contribution in [3.63, 3.8) is 0 Å². The maximum absolute atomic E-state index is 12.4. The SMILES string of the molecule is Cc1ccc([C@@H]([NH2+]CC(=O)Nc2ccccc2Br)c2cccs2)cc1. The Bertz CT molecular complexity index is 831. The van der Waals surface area contributed by atoms with Crippen LogP contribution in [0.2, 0.25) is 0 Å². The van der Waals surface area contributed by atoms with Gasteiger partial charge in [-0.15, -0.1) is 11.3 Å². The van der Waals surface area contributed by atoms with Gasteiger partial charge in [-0.2, -0.15) is 0 Å². The second-order valence-corrected chi connectivity index (χ2v) is 7.71. The summed E-state index contributed by atoms with van der Waals surface area (Å²) < 4.78 is 0.886. The molecule has 0 bridgehead atoms. The Morgan fingerprint density at radius 3 is 2.56 bits per heavy atom. The average Bonchev–Trinajstić information content (AvgIpc) is 3.13. The van der Waals surface area contributed by atoms with Gasteiger partial charge in [0, 0.05) is 10.0 Å². The van der Waals surface area contributed by atoms with Crippen molar-refractivity contribution in [2.75, 3.05) is 11.9 Å². The fourth-order valence-corrected chi connectivity index (χ4v) is 3.88. The highest BCUT2D eigenvalue weighted by Gasteiger charge is 2.20. The third kappa shape index (κ3) is 4.78. The molecule has 0 radical (unpaired) electrons. The first-order valence-corrected chi connectivity index (χ1v) is 9.78. The molecule has 0 aliphatic carbocycles. The summed E-state index contributed by atoms with van der Waals surface area (Å²) >= 11 is 5.17. The van der Waals surface area contributed by atoms with Gasteiger partial charge in [-0.05, 0) is 46.4 Å². The molecule has 0 fully saturated rings. The fourth-order valence-electron chi connectivity index (χ4n) is 2.65. The van der Waals surface area contributed by atoms with E-state index in [9.17, 15) is 4.79 Å². The van der Waals surface area contributed by atoms with Gasteiger partial charge in [-0.25, -0.2) is 0 Å². The molecule has 25 heavy (non-hydrogen) atoms. The van der Waals surface area contributed by atoms with E-state index in [2.05, 4.69) is 75.3 Å². The highest BCUT2D eigenvalue weighted by atomic mass is 79.9. The standard InChI is InChI=1S/C20H19BrN2OS/c1-14-8-10-15(11-9-14)20(18-7-4-12-25-18)22-13-19(24)23-17-6-3-2-5-16(17)21/h2-12,20,22H,13H2,1H3,(H,23,24)/p+1/t20-/m1/s1. The topological polar surface area (TPSA) is 45.7 Å². The largest absolute Gasteiger partial charge is 0.328 e. The average molecular weight is 416 g/mol. The van der Waals surface area contributed by atoms with Crippen molar-refractivity contribution in [3.05, 3.63) is 86.5 Å². The van der Waals surface area contributed by atoms with Crippen LogP contribution in [-0.2, 0) is 4.79 Å². The van der Waals surface area contributed by atoms with Gasteiger partial charge in [0.25, 0.3) is 5.91 Å². The lowest BCUT2D eigenvalue weighted by Gasteiger charge is -2.15. The molecule has 0 unspecified atom stereocenters. The zero-order valence-electron chi connectivity index (χ0n) is 13.9. The Kier molecular flexibility index (Phi) is 6.02. The van der Waals surface area contributed by atoms with Gasteiger partial charge in [-0.3, -0.25) is 4.79 Å². The lowest BCUT2D eigenvalue weighted by atomic mass is 10.0. The van der Waals surface area contributed by atoms with E-state index in [1.807, 2.05) is 24.3 Å². The molecule has 0 saturated carbocycles. The zero-order valence-corrected chi connectivity index (χ0v) is 16.3. The van der Waals surface area contributed by atoms with Crippen LogP contribution >= 0.6 is 27.3 Å². The minimum atomic E-state index is -0.0134. The number of rotatable bonds is 6. The van der Waals surface area contributed by atoms with E-state index in [0.29, 0.717) is 6.54 Å². The Hall–Kier alpha value is -1.95. The monoisotopic (exact) mass is 415 g/mol. The fraction of sp³-hybridized carbons (Fsp3) is 0.150. The third-order valence-corrected chi connectivity index (χ3v) is 5.62. The van der Waals surface area contributed by atoms with Crippen molar-refractivity contribution in [3.8, 4) is 0 Å². The number of nitrogens with two attached hydrogens (primary N) is 1. The molecular weight excluding hydrogens is 396 g/mol. The maximum atomic E-state index is 12.4. The van der Waals surface area contributed by atoms with Crippen LogP contribution in [0.25, 0.3) is 0 Å². The first-order chi connectivity index (χ1) is 12.1. The van der Waals surface area contributed by atoms with E-state index < -0.39 is 0 Å². The number of hydrogen-bond acceptors (Lipinski definition) is 2. The number of nitrogens with one attached hydrogen (secondary N) is 1. The number of para-hydroxylation sites is 1. The number of halogens is 1. The number of carbonyl (C=O) groups is 1. The van der Waals surface area contributed by atoms with Crippen LogP contribution in [0.1, 0.15) is 22.0 Å². The molecule has 3 rings (SSSR count). The molecule has 1 atom stereocenters. The van der Waals surface area contributed by atoms with Crippen LogP contribution in [-0.4, -0.2) is 12.5 Å². The lowest BCUT2D eigenvalue weighted by molar-refractivity contribution is -0.675. The number of benzene rings is 2. The smallest absolute Gasteiger partial charge is 0.279 e. The molecule has 128 valence electrons. The summed E-state index contributed by atoms with van der Waals surface area (Å²) in [5, 5.41) is 7.12. The Labute approximate surface area is 160 Å². The summed E-state index contributed by atoms with van der Waals surface area (Å²) in [5.74, 6) is -0.0134. The number of amides is 1. The van der Waals surface area contributed by atoms with Gasteiger partial charge in [0.1, 0.15) is 6.04 Å². The molecule has 0 spiro atoms. The molecule has 3 aromatic rings. The van der Waals surface area contributed by atoms with Crippen LogP contribution in [0.3, 0.4) is 0 Å². The van der Waals surface area contributed by atoms with E-state index >= 15 is 0 Å². The lowest BCUT2D eigenvalue weighted by Crippen LogP contribution is -2.87. The first kappa shape index (κ1) is 17.9.